The number of hydrogen-bond acceptors (Lipinski definition) is 4. The van der Waals surface area contributed by atoms with Crippen LogP contribution in [-0.2, 0) is 20.9 Å². The van der Waals surface area contributed by atoms with Crippen LogP contribution in [0.3, 0.4) is 0 Å². The van der Waals surface area contributed by atoms with Crippen LogP contribution in [0.5, 0.6) is 0 Å². The second kappa shape index (κ2) is 9.86. The molecule has 0 aromatic rings. The third kappa shape index (κ3) is 8.47. The van der Waals surface area contributed by atoms with Gasteiger partial charge < -0.3 is 9.05 Å². The van der Waals surface area contributed by atoms with Crippen molar-refractivity contribution in [1.82, 2.24) is 0 Å². The Morgan fingerprint density at radius 1 is 1.20 bits per heavy atom. The molecule has 5 heteroatoms. The van der Waals surface area contributed by atoms with E-state index in [1.165, 1.54) is 24.2 Å². The molecule has 0 heterocycles. The maximum absolute atomic E-state index is 5.49. The van der Waals surface area contributed by atoms with Crippen LogP contribution in [0.25, 0.3) is 0 Å². The lowest BCUT2D eigenvalue weighted by Crippen LogP contribution is -1.90. The van der Waals surface area contributed by atoms with Crippen molar-refractivity contribution in [1.29, 1.82) is 0 Å². The van der Waals surface area contributed by atoms with Gasteiger partial charge in [0.05, 0.1) is 13.2 Å². The SMILES string of the molecule is CCCCC=CSP(=S)(OCC)OCC. The number of unbranched alkanes of at least 4 members (excludes halogenated alkanes) is 2. The second-order valence-electron chi connectivity index (χ2n) is 2.90. The standard InChI is InChI=1S/C10H21O2PS2/c1-4-7-8-9-10-15-13(14,11-5-2)12-6-3/h9-10H,4-8H2,1-3H3. The first-order chi connectivity index (χ1) is 7.18. The molecule has 0 N–H and O–H groups in total. The molecule has 2 nitrogen and oxygen atoms in total. The van der Waals surface area contributed by atoms with Crippen molar-refractivity contribution in [3.8, 4) is 0 Å². The zero-order valence-electron chi connectivity index (χ0n) is 9.77. The van der Waals surface area contributed by atoms with E-state index in [1.807, 2.05) is 19.3 Å². The molecule has 0 spiro atoms. The summed E-state index contributed by atoms with van der Waals surface area (Å²) in [5.41, 5.74) is -2.10. The van der Waals surface area contributed by atoms with E-state index >= 15 is 0 Å². The van der Waals surface area contributed by atoms with Gasteiger partial charge in [-0.05, 0) is 48.9 Å². The normalized spacial score (nSPS) is 12.5. The van der Waals surface area contributed by atoms with Gasteiger partial charge in [-0.1, -0.05) is 25.8 Å². The van der Waals surface area contributed by atoms with Crippen molar-refractivity contribution >= 4 is 28.9 Å². The van der Waals surface area contributed by atoms with Crippen LogP contribution in [0.2, 0.25) is 0 Å². The molecule has 0 aliphatic carbocycles. The summed E-state index contributed by atoms with van der Waals surface area (Å²) in [7, 11) is 0. The molecule has 0 fully saturated rings. The van der Waals surface area contributed by atoms with Gasteiger partial charge in [-0.3, -0.25) is 0 Å². The molecule has 0 saturated heterocycles. The zero-order chi connectivity index (χ0) is 11.6. The average Bonchev–Trinajstić information content (AvgIpc) is 2.18. The Balaban J connectivity index is 3.95. The van der Waals surface area contributed by atoms with E-state index in [2.05, 4.69) is 13.0 Å². The summed E-state index contributed by atoms with van der Waals surface area (Å²) in [4.78, 5) is 0. The monoisotopic (exact) mass is 268 g/mol. The van der Waals surface area contributed by atoms with E-state index in [-0.39, 0.29) is 0 Å². The van der Waals surface area contributed by atoms with Crippen LogP contribution in [0, 0.1) is 0 Å². The first-order valence-corrected chi connectivity index (χ1v) is 9.53. The molecule has 90 valence electrons. The van der Waals surface area contributed by atoms with Crippen molar-refractivity contribution in [3.05, 3.63) is 11.5 Å². The Morgan fingerprint density at radius 3 is 2.27 bits per heavy atom. The van der Waals surface area contributed by atoms with Gasteiger partial charge in [-0.25, -0.2) is 0 Å². The third-order valence-electron chi connectivity index (χ3n) is 1.58. The summed E-state index contributed by atoms with van der Waals surface area (Å²) < 4.78 is 11.0. The van der Waals surface area contributed by atoms with Gasteiger partial charge in [-0.15, -0.1) is 0 Å². The lowest BCUT2D eigenvalue weighted by Gasteiger charge is -2.17. The van der Waals surface area contributed by atoms with E-state index < -0.39 is 5.69 Å². The smallest absolute Gasteiger partial charge is 0.251 e. The highest BCUT2D eigenvalue weighted by atomic mass is 32.9. The van der Waals surface area contributed by atoms with Crippen molar-refractivity contribution in [2.24, 2.45) is 0 Å². The number of rotatable bonds is 9. The van der Waals surface area contributed by atoms with E-state index in [9.17, 15) is 0 Å². The molecule has 0 amide bonds. The molecule has 0 bridgehead atoms. The van der Waals surface area contributed by atoms with Crippen LogP contribution in [-0.4, -0.2) is 13.2 Å². The maximum atomic E-state index is 5.49. The van der Waals surface area contributed by atoms with Crippen LogP contribution < -0.4 is 0 Å². The fourth-order valence-corrected chi connectivity index (χ4v) is 4.90. The lowest BCUT2D eigenvalue weighted by atomic mass is 10.2. The Morgan fingerprint density at radius 2 is 1.80 bits per heavy atom. The molecule has 0 radical (unpaired) electrons. The van der Waals surface area contributed by atoms with Crippen molar-refractivity contribution in [2.45, 2.75) is 40.0 Å². The molecule has 0 aliphatic heterocycles. The largest absolute Gasteiger partial charge is 0.322 e. The highest BCUT2D eigenvalue weighted by molar-refractivity contribution is 8.69. The van der Waals surface area contributed by atoms with Crippen LogP contribution >= 0.6 is 17.1 Å². The molecule has 0 unspecified atom stereocenters. The predicted octanol–water partition coefficient (Wildman–Crippen LogP) is 4.72. The summed E-state index contributed by atoms with van der Waals surface area (Å²) in [6, 6.07) is 0. The predicted molar refractivity (Wildman–Crippen MR) is 73.8 cm³/mol. The molecule has 0 atom stereocenters. The van der Waals surface area contributed by atoms with Gasteiger partial charge in [0, 0.05) is 0 Å². The quantitative estimate of drug-likeness (QED) is 0.444. The van der Waals surface area contributed by atoms with Gasteiger partial charge in [0.1, 0.15) is 0 Å². The lowest BCUT2D eigenvalue weighted by molar-refractivity contribution is 0.281. The van der Waals surface area contributed by atoms with Crippen LogP contribution in [0.15, 0.2) is 11.5 Å². The maximum Gasteiger partial charge on any atom is 0.251 e. The average molecular weight is 268 g/mol. The second-order valence-corrected chi connectivity index (χ2v) is 9.01. The summed E-state index contributed by atoms with van der Waals surface area (Å²) in [5, 5.41) is 2.03. The molecule has 0 saturated carbocycles. The van der Waals surface area contributed by atoms with Crippen molar-refractivity contribution in [3.63, 3.8) is 0 Å². The minimum atomic E-state index is -2.10. The highest BCUT2D eigenvalue weighted by Gasteiger charge is 2.16. The summed E-state index contributed by atoms with van der Waals surface area (Å²) >= 11 is 6.88. The molecule has 0 aromatic heterocycles. The van der Waals surface area contributed by atoms with Gasteiger partial charge in [0.25, 0.3) is 5.69 Å². The highest BCUT2D eigenvalue weighted by Crippen LogP contribution is 2.61. The van der Waals surface area contributed by atoms with Gasteiger partial charge >= 0.3 is 0 Å². The molecule has 0 aliphatic rings. The number of allylic oxidation sites excluding steroid dienone is 1. The molecule has 15 heavy (non-hydrogen) atoms. The first kappa shape index (κ1) is 15.7. The molecule has 0 rings (SSSR count). The fourth-order valence-electron chi connectivity index (χ4n) is 0.922. The van der Waals surface area contributed by atoms with E-state index in [0.29, 0.717) is 13.2 Å². The Bertz CT molecular complexity index is 209. The fraction of sp³-hybridized carbons (Fsp3) is 0.800. The minimum Gasteiger partial charge on any atom is -0.322 e. The Labute approximate surface area is 103 Å². The zero-order valence-corrected chi connectivity index (χ0v) is 12.3. The first-order valence-electron chi connectivity index (χ1n) is 5.41. The van der Waals surface area contributed by atoms with Crippen molar-refractivity contribution < 1.29 is 9.05 Å². The third-order valence-corrected chi connectivity index (χ3v) is 6.49. The van der Waals surface area contributed by atoms with E-state index in [0.717, 1.165) is 6.42 Å². The Kier molecular flexibility index (Phi) is 10.3. The summed E-state index contributed by atoms with van der Waals surface area (Å²) in [6.45, 7) is 7.31. The van der Waals surface area contributed by atoms with E-state index in [1.54, 1.807) is 0 Å². The van der Waals surface area contributed by atoms with Gasteiger partial charge in [0.15, 0.2) is 0 Å². The minimum absolute atomic E-state index is 0.618. The number of hydrogen-bond donors (Lipinski definition) is 0. The van der Waals surface area contributed by atoms with Gasteiger partial charge in [0.2, 0.25) is 0 Å². The van der Waals surface area contributed by atoms with Crippen LogP contribution in [0.1, 0.15) is 40.0 Å². The van der Waals surface area contributed by atoms with Crippen molar-refractivity contribution in [2.75, 3.05) is 13.2 Å². The van der Waals surface area contributed by atoms with Gasteiger partial charge in [-0.2, -0.15) is 0 Å². The van der Waals surface area contributed by atoms with E-state index in [4.69, 9.17) is 20.9 Å². The summed E-state index contributed by atoms with van der Waals surface area (Å²) in [6.07, 6.45) is 5.70. The molecular formula is C10H21O2PS2. The Hall–Kier alpha value is 0.660. The molecular weight excluding hydrogens is 247 g/mol. The summed E-state index contributed by atoms with van der Waals surface area (Å²) in [5.74, 6) is 0. The molecule has 0 aromatic carbocycles. The van der Waals surface area contributed by atoms with Crippen LogP contribution in [0.4, 0.5) is 0 Å². The topological polar surface area (TPSA) is 18.5 Å².